The molecule has 0 saturated carbocycles. The summed E-state index contributed by atoms with van der Waals surface area (Å²) in [5.74, 6) is -0.268. The minimum absolute atomic E-state index is 0.193. The lowest BCUT2D eigenvalue weighted by Gasteiger charge is -2.03. The van der Waals surface area contributed by atoms with E-state index < -0.39 is 0 Å². The minimum atomic E-state index is -0.268. The fourth-order valence-corrected chi connectivity index (χ4v) is 1.59. The molecule has 1 aromatic carbocycles. The molecule has 0 bridgehead atoms. The molecule has 0 aliphatic rings. The van der Waals surface area contributed by atoms with Crippen molar-refractivity contribution in [2.45, 2.75) is 0 Å². The van der Waals surface area contributed by atoms with Crippen molar-refractivity contribution in [2.75, 3.05) is 5.43 Å². The lowest BCUT2D eigenvalue weighted by atomic mass is 10.2. The van der Waals surface area contributed by atoms with Crippen LogP contribution in [0.15, 0.2) is 53.1 Å². The molecule has 1 amide bonds. The third-order valence-corrected chi connectivity index (χ3v) is 2.48. The SMILES string of the molecule is O=C(NNc1nc2ncccc2o1)c1ccccc1. The second kappa shape index (κ2) is 4.77. The lowest BCUT2D eigenvalue weighted by molar-refractivity contribution is 0.0961. The van der Waals surface area contributed by atoms with Gasteiger partial charge < -0.3 is 4.42 Å². The summed E-state index contributed by atoms with van der Waals surface area (Å²) in [6, 6.07) is 12.5. The van der Waals surface area contributed by atoms with Crippen molar-refractivity contribution >= 4 is 23.2 Å². The summed E-state index contributed by atoms with van der Waals surface area (Å²) in [6.07, 6.45) is 1.62. The normalized spacial score (nSPS) is 10.3. The number of anilines is 1. The number of oxazole rings is 1. The first kappa shape index (κ1) is 11.2. The van der Waals surface area contributed by atoms with Crippen LogP contribution in [0.25, 0.3) is 11.2 Å². The number of benzene rings is 1. The van der Waals surface area contributed by atoms with E-state index in [1.54, 1.807) is 42.6 Å². The van der Waals surface area contributed by atoms with Gasteiger partial charge >= 0.3 is 6.01 Å². The Labute approximate surface area is 108 Å². The molecule has 0 spiro atoms. The van der Waals surface area contributed by atoms with Gasteiger partial charge in [0.1, 0.15) is 0 Å². The van der Waals surface area contributed by atoms with Crippen LogP contribution < -0.4 is 10.9 Å². The fraction of sp³-hybridized carbons (Fsp3) is 0. The zero-order chi connectivity index (χ0) is 13.1. The number of fused-ring (bicyclic) bond motifs is 1. The van der Waals surface area contributed by atoms with Gasteiger partial charge in [0.05, 0.1) is 0 Å². The van der Waals surface area contributed by atoms with Gasteiger partial charge in [0, 0.05) is 11.8 Å². The molecule has 2 heterocycles. The Balaban J connectivity index is 1.71. The fourth-order valence-electron chi connectivity index (χ4n) is 1.59. The van der Waals surface area contributed by atoms with Gasteiger partial charge in [-0.2, -0.15) is 4.98 Å². The molecule has 3 rings (SSSR count). The van der Waals surface area contributed by atoms with Crippen LogP contribution in [0.2, 0.25) is 0 Å². The monoisotopic (exact) mass is 254 g/mol. The van der Waals surface area contributed by atoms with Crippen molar-refractivity contribution in [3.05, 3.63) is 54.2 Å². The molecule has 2 aromatic heterocycles. The number of nitrogens with zero attached hydrogens (tertiary/aromatic N) is 2. The van der Waals surface area contributed by atoms with Gasteiger partial charge in [-0.15, -0.1) is 0 Å². The summed E-state index contributed by atoms with van der Waals surface area (Å²) in [5.41, 5.74) is 6.70. The second-order valence-electron chi connectivity index (χ2n) is 3.79. The number of hydrogen-bond donors (Lipinski definition) is 2. The third-order valence-electron chi connectivity index (χ3n) is 2.48. The van der Waals surface area contributed by atoms with Crippen LogP contribution in [0.1, 0.15) is 10.4 Å². The first-order valence-electron chi connectivity index (χ1n) is 5.66. The van der Waals surface area contributed by atoms with Crippen LogP contribution in [0.5, 0.6) is 0 Å². The molecule has 0 aliphatic carbocycles. The molecule has 19 heavy (non-hydrogen) atoms. The van der Waals surface area contributed by atoms with Crippen LogP contribution >= 0.6 is 0 Å². The van der Waals surface area contributed by atoms with E-state index in [0.29, 0.717) is 16.8 Å². The van der Waals surface area contributed by atoms with Gasteiger partial charge in [-0.25, -0.2) is 4.98 Å². The molecule has 2 N–H and O–H groups in total. The molecule has 0 atom stereocenters. The van der Waals surface area contributed by atoms with Crippen LogP contribution in [0, 0.1) is 0 Å². The van der Waals surface area contributed by atoms with Crippen LogP contribution in [-0.2, 0) is 0 Å². The Hall–Kier alpha value is -2.89. The van der Waals surface area contributed by atoms with E-state index in [1.165, 1.54) is 0 Å². The highest BCUT2D eigenvalue weighted by Crippen LogP contribution is 2.15. The molecule has 6 nitrogen and oxygen atoms in total. The first-order valence-corrected chi connectivity index (χ1v) is 5.66. The number of rotatable bonds is 3. The highest BCUT2D eigenvalue weighted by Gasteiger charge is 2.08. The molecular weight excluding hydrogens is 244 g/mol. The van der Waals surface area contributed by atoms with Crippen LogP contribution in [-0.4, -0.2) is 15.9 Å². The quantitative estimate of drug-likeness (QED) is 0.698. The number of hydrogen-bond acceptors (Lipinski definition) is 5. The number of nitrogens with one attached hydrogen (secondary N) is 2. The molecular formula is C13H10N4O2. The van der Waals surface area contributed by atoms with E-state index in [4.69, 9.17) is 4.42 Å². The Morgan fingerprint density at radius 1 is 1.11 bits per heavy atom. The zero-order valence-electron chi connectivity index (χ0n) is 9.83. The molecule has 0 fully saturated rings. The molecule has 0 aliphatic heterocycles. The van der Waals surface area contributed by atoms with E-state index in [-0.39, 0.29) is 11.9 Å². The number of aromatic nitrogens is 2. The maximum Gasteiger partial charge on any atom is 0.316 e. The minimum Gasteiger partial charge on any atom is -0.421 e. The van der Waals surface area contributed by atoms with Crippen molar-refractivity contribution in [1.29, 1.82) is 0 Å². The predicted octanol–water partition coefficient (Wildman–Crippen LogP) is 1.98. The Morgan fingerprint density at radius 3 is 2.74 bits per heavy atom. The molecule has 0 radical (unpaired) electrons. The van der Waals surface area contributed by atoms with Crippen molar-refractivity contribution in [3.8, 4) is 0 Å². The van der Waals surface area contributed by atoms with E-state index in [2.05, 4.69) is 20.8 Å². The average Bonchev–Trinajstić information content (AvgIpc) is 2.88. The number of carbonyl (C=O) groups is 1. The molecule has 94 valence electrons. The molecule has 0 saturated heterocycles. The number of pyridine rings is 1. The third kappa shape index (κ3) is 2.37. The zero-order valence-corrected chi connectivity index (χ0v) is 9.83. The molecule has 3 aromatic rings. The number of hydrazine groups is 1. The Bertz CT molecular complexity index is 676. The highest BCUT2D eigenvalue weighted by atomic mass is 16.4. The second-order valence-corrected chi connectivity index (χ2v) is 3.79. The van der Waals surface area contributed by atoms with E-state index in [9.17, 15) is 4.79 Å². The van der Waals surface area contributed by atoms with Gasteiger partial charge in [-0.3, -0.25) is 15.6 Å². The van der Waals surface area contributed by atoms with Crippen molar-refractivity contribution in [1.82, 2.24) is 15.4 Å². The Kier molecular flexibility index (Phi) is 2.82. The van der Waals surface area contributed by atoms with Crippen LogP contribution in [0.3, 0.4) is 0 Å². The number of carbonyl (C=O) groups excluding carboxylic acids is 1. The smallest absolute Gasteiger partial charge is 0.316 e. The van der Waals surface area contributed by atoms with Gasteiger partial charge in [-0.05, 0) is 24.3 Å². The summed E-state index contributed by atoms with van der Waals surface area (Å²) in [5, 5.41) is 0. The summed E-state index contributed by atoms with van der Waals surface area (Å²) in [6.45, 7) is 0. The standard InChI is InChI=1S/C13H10N4O2/c18-12(9-5-2-1-3-6-9)16-17-13-15-11-10(19-13)7-4-8-14-11/h1-8H,(H,16,18)(H,14,15,17). The largest absolute Gasteiger partial charge is 0.421 e. The van der Waals surface area contributed by atoms with Gasteiger partial charge in [0.15, 0.2) is 5.58 Å². The van der Waals surface area contributed by atoms with Gasteiger partial charge in [-0.1, -0.05) is 18.2 Å². The maximum absolute atomic E-state index is 11.8. The average molecular weight is 254 g/mol. The summed E-state index contributed by atoms with van der Waals surface area (Å²) < 4.78 is 5.35. The van der Waals surface area contributed by atoms with Crippen molar-refractivity contribution in [3.63, 3.8) is 0 Å². The van der Waals surface area contributed by atoms with Gasteiger partial charge in [0.2, 0.25) is 5.65 Å². The van der Waals surface area contributed by atoms with Crippen molar-refractivity contribution in [2.24, 2.45) is 0 Å². The molecule has 6 heteroatoms. The Morgan fingerprint density at radius 2 is 1.95 bits per heavy atom. The van der Waals surface area contributed by atoms with E-state index in [1.807, 2.05) is 6.07 Å². The highest BCUT2D eigenvalue weighted by molar-refractivity contribution is 5.94. The summed E-state index contributed by atoms with van der Waals surface area (Å²) >= 11 is 0. The van der Waals surface area contributed by atoms with E-state index in [0.717, 1.165) is 0 Å². The van der Waals surface area contributed by atoms with E-state index >= 15 is 0 Å². The van der Waals surface area contributed by atoms with Gasteiger partial charge in [0.25, 0.3) is 5.91 Å². The number of amides is 1. The maximum atomic E-state index is 11.8. The molecule has 0 unspecified atom stereocenters. The van der Waals surface area contributed by atoms with Crippen LogP contribution in [0.4, 0.5) is 6.01 Å². The lowest BCUT2D eigenvalue weighted by Crippen LogP contribution is -2.29. The topological polar surface area (TPSA) is 80.0 Å². The summed E-state index contributed by atoms with van der Waals surface area (Å²) in [7, 11) is 0. The first-order chi connectivity index (χ1) is 9.33. The van der Waals surface area contributed by atoms with Crippen molar-refractivity contribution < 1.29 is 9.21 Å². The summed E-state index contributed by atoms with van der Waals surface area (Å²) in [4.78, 5) is 19.9. The predicted molar refractivity (Wildman–Crippen MR) is 69.3 cm³/mol.